The number of ether oxygens (including phenoxy) is 2. The summed E-state index contributed by atoms with van der Waals surface area (Å²) in [5.74, 6) is -1.71. The highest BCUT2D eigenvalue weighted by atomic mass is 16.6. The maximum absolute atomic E-state index is 11.7. The topological polar surface area (TPSA) is 52.6 Å². The Morgan fingerprint density at radius 1 is 1.06 bits per heavy atom. The van der Waals surface area contributed by atoms with Crippen molar-refractivity contribution in [1.29, 1.82) is 0 Å². The Hall–Kier alpha value is -1.16. The van der Waals surface area contributed by atoms with E-state index in [4.69, 9.17) is 9.47 Å². The van der Waals surface area contributed by atoms with Gasteiger partial charge in [0.1, 0.15) is 23.0 Å². The molecule has 0 aromatic carbocycles. The zero-order valence-electron chi connectivity index (χ0n) is 9.36. The van der Waals surface area contributed by atoms with Crippen molar-refractivity contribution in [2.75, 3.05) is 0 Å². The molecular formula is C12H14O4. The molecule has 2 bridgehead atoms. The number of cyclic esters (lactones) is 2. The predicted molar refractivity (Wildman–Crippen MR) is 54.3 cm³/mol. The summed E-state index contributed by atoms with van der Waals surface area (Å²) in [6.07, 6.45) is 5.26. The van der Waals surface area contributed by atoms with Gasteiger partial charge in [0, 0.05) is 0 Å². The van der Waals surface area contributed by atoms with Gasteiger partial charge in [0.05, 0.1) is 0 Å². The van der Waals surface area contributed by atoms with Crippen LogP contribution in [0.15, 0.2) is 12.2 Å². The van der Waals surface area contributed by atoms with Crippen LogP contribution in [0.4, 0.5) is 0 Å². The molecule has 0 spiro atoms. The fourth-order valence-electron chi connectivity index (χ4n) is 3.32. The maximum atomic E-state index is 11.7. The highest BCUT2D eigenvalue weighted by Crippen LogP contribution is 2.59. The van der Waals surface area contributed by atoms with Crippen molar-refractivity contribution in [2.24, 2.45) is 11.8 Å². The summed E-state index contributed by atoms with van der Waals surface area (Å²) in [6, 6.07) is 0. The van der Waals surface area contributed by atoms with Crippen molar-refractivity contribution in [1.82, 2.24) is 0 Å². The molecule has 0 radical (unpaired) electrons. The Labute approximate surface area is 93.6 Å². The Bertz CT molecular complexity index is 377. The van der Waals surface area contributed by atoms with Crippen molar-refractivity contribution >= 4 is 11.9 Å². The molecule has 2 saturated heterocycles. The second-order valence-corrected chi connectivity index (χ2v) is 4.75. The third-order valence-electron chi connectivity index (χ3n) is 4.23. The molecule has 2 fully saturated rings. The van der Waals surface area contributed by atoms with Crippen molar-refractivity contribution in [3.8, 4) is 0 Å². The van der Waals surface area contributed by atoms with Gasteiger partial charge in [-0.1, -0.05) is 26.0 Å². The van der Waals surface area contributed by atoms with Crippen LogP contribution in [0.25, 0.3) is 0 Å². The number of rotatable bonds is 2. The molecule has 86 valence electrons. The van der Waals surface area contributed by atoms with Gasteiger partial charge in [-0.05, 0) is 12.8 Å². The van der Waals surface area contributed by atoms with Gasteiger partial charge in [-0.3, -0.25) is 9.59 Å². The summed E-state index contributed by atoms with van der Waals surface area (Å²) < 4.78 is 10.8. The van der Waals surface area contributed by atoms with E-state index in [9.17, 15) is 9.59 Å². The van der Waals surface area contributed by atoms with Gasteiger partial charge in [-0.15, -0.1) is 0 Å². The summed E-state index contributed by atoms with van der Waals surface area (Å²) in [5, 5.41) is 0. The van der Waals surface area contributed by atoms with Crippen LogP contribution in [-0.2, 0) is 19.1 Å². The lowest BCUT2D eigenvalue weighted by Crippen LogP contribution is -2.39. The van der Waals surface area contributed by atoms with Crippen LogP contribution in [0, 0.1) is 11.8 Å². The summed E-state index contributed by atoms with van der Waals surface area (Å²) in [5.41, 5.74) is -1.21. The first kappa shape index (κ1) is 10.0. The van der Waals surface area contributed by atoms with E-state index >= 15 is 0 Å². The van der Waals surface area contributed by atoms with Crippen LogP contribution in [-0.4, -0.2) is 23.1 Å². The van der Waals surface area contributed by atoms with E-state index in [2.05, 4.69) is 0 Å². The van der Waals surface area contributed by atoms with Gasteiger partial charge in [0.25, 0.3) is 0 Å². The smallest absolute Gasteiger partial charge is 0.320 e. The molecule has 0 saturated carbocycles. The van der Waals surface area contributed by atoms with Crippen molar-refractivity contribution < 1.29 is 19.1 Å². The molecule has 0 aliphatic carbocycles. The average Bonchev–Trinajstić information content (AvgIpc) is 2.89. The molecule has 4 heteroatoms. The average molecular weight is 222 g/mol. The number of esters is 2. The predicted octanol–water partition coefficient (Wildman–Crippen LogP) is 1.20. The Morgan fingerprint density at radius 2 is 1.50 bits per heavy atom. The first-order chi connectivity index (χ1) is 7.58. The second kappa shape index (κ2) is 2.74. The Kier molecular flexibility index (Phi) is 1.72. The molecule has 3 rings (SSSR count). The van der Waals surface area contributed by atoms with Crippen LogP contribution in [0.3, 0.4) is 0 Å². The van der Waals surface area contributed by atoms with Crippen molar-refractivity contribution in [2.45, 2.75) is 37.9 Å². The fourth-order valence-corrected chi connectivity index (χ4v) is 3.32. The van der Waals surface area contributed by atoms with Gasteiger partial charge in [-0.2, -0.15) is 0 Å². The molecule has 2 unspecified atom stereocenters. The normalized spacial score (nSPS) is 48.6. The van der Waals surface area contributed by atoms with Crippen LogP contribution in [0.2, 0.25) is 0 Å². The van der Waals surface area contributed by atoms with Gasteiger partial charge in [-0.25, -0.2) is 0 Å². The zero-order chi connectivity index (χ0) is 11.6. The molecule has 3 aliphatic heterocycles. The first-order valence-electron chi connectivity index (χ1n) is 5.74. The van der Waals surface area contributed by atoms with E-state index in [0.717, 1.165) is 0 Å². The van der Waals surface area contributed by atoms with Crippen LogP contribution in [0.5, 0.6) is 0 Å². The number of carbonyl (C=O) groups excluding carboxylic acids is 2. The van der Waals surface area contributed by atoms with Crippen LogP contribution < -0.4 is 0 Å². The van der Waals surface area contributed by atoms with Gasteiger partial charge < -0.3 is 9.47 Å². The van der Waals surface area contributed by atoms with E-state index in [1.165, 1.54) is 0 Å². The summed E-state index contributed by atoms with van der Waals surface area (Å²) in [4.78, 5) is 23.4. The van der Waals surface area contributed by atoms with Gasteiger partial charge in [0.15, 0.2) is 0 Å². The SMILES string of the molecule is CC[C@@]12C=C[C@@](CC)(O1)C1C(=O)OC(=O)C12. The molecule has 3 heterocycles. The molecular weight excluding hydrogens is 208 g/mol. The number of hydrogen-bond donors (Lipinski definition) is 0. The van der Waals surface area contributed by atoms with E-state index in [1.54, 1.807) is 0 Å². The summed E-state index contributed by atoms with van der Waals surface area (Å²) in [7, 11) is 0. The van der Waals surface area contributed by atoms with Gasteiger partial charge in [0.2, 0.25) is 0 Å². The zero-order valence-corrected chi connectivity index (χ0v) is 9.36. The highest BCUT2D eigenvalue weighted by molar-refractivity contribution is 5.99. The highest BCUT2D eigenvalue weighted by Gasteiger charge is 2.71. The quantitative estimate of drug-likeness (QED) is 0.400. The number of hydrogen-bond acceptors (Lipinski definition) is 4. The Balaban J connectivity index is 2.15. The number of carbonyl (C=O) groups is 2. The molecule has 0 aromatic heterocycles. The molecule has 16 heavy (non-hydrogen) atoms. The lowest BCUT2D eigenvalue weighted by Gasteiger charge is -2.25. The van der Waals surface area contributed by atoms with E-state index < -0.39 is 35.0 Å². The molecule has 3 aliphatic rings. The minimum Gasteiger partial charge on any atom is -0.393 e. The lowest BCUT2D eigenvalue weighted by molar-refractivity contribution is -0.161. The monoisotopic (exact) mass is 222 g/mol. The largest absolute Gasteiger partial charge is 0.393 e. The van der Waals surface area contributed by atoms with E-state index in [1.807, 2.05) is 26.0 Å². The van der Waals surface area contributed by atoms with Crippen LogP contribution >= 0.6 is 0 Å². The van der Waals surface area contributed by atoms with E-state index in [0.29, 0.717) is 12.8 Å². The van der Waals surface area contributed by atoms with Crippen molar-refractivity contribution in [3.05, 3.63) is 12.2 Å². The minimum atomic E-state index is -0.607. The standard InChI is InChI=1S/C12H14O4/c1-3-11-5-6-12(4-2,16-11)8-7(11)9(13)15-10(8)14/h5-8H,3-4H2,1-2H3/t7?,8?,11-,12+. The van der Waals surface area contributed by atoms with Crippen LogP contribution in [0.1, 0.15) is 26.7 Å². The van der Waals surface area contributed by atoms with E-state index in [-0.39, 0.29) is 0 Å². The summed E-state index contributed by atoms with van der Waals surface area (Å²) >= 11 is 0. The number of fused-ring (bicyclic) bond motifs is 5. The maximum Gasteiger partial charge on any atom is 0.320 e. The Morgan fingerprint density at radius 3 is 1.88 bits per heavy atom. The first-order valence-corrected chi connectivity index (χ1v) is 5.74. The fraction of sp³-hybridized carbons (Fsp3) is 0.667. The lowest BCUT2D eigenvalue weighted by atomic mass is 9.70. The molecule has 0 amide bonds. The van der Waals surface area contributed by atoms with Gasteiger partial charge >= 0.3 is 11.9 Å². The third kappa shape index (κ3) is 0.857. The van der Waals surface area contributed by atoms with Crippen molar-refractivity contribution in [3.63, 3.8) is 0 Å². The molecule has 4 atom stereocenters. The minimum absolute atomic E-state index is 0.420. The third-order valence-corrected chi connectivity index (χ3v) is 4.23. The second-order valence-electron chi connectivity index (χ2n) is 4.75. The summed E-state index contributed by atoms with van der Waals surface area (Å²) in [6.45, 7) is 3.93. The molecule has 4 nitrogen and oxygen atoms in total. The molecule has 0 aromatic rings. The molecule has 0 N–H and O–H groups in total.